The van der Waals surface area contributed by atoms with Crippen molar-refractivity contribution >= 4 is 16.7 Å². The quantitative estimate of drug-likeness (QED) is 0.592. The van der Waals surface area contributed by atoms with Crippen LogP contribution in [0.25, 0.3) is 21.9 Å². The molecule has 2 heterocycles. The number of methoxy groups -OCH3 is 2. The Morgan fingerprint density at radius 2 is 1.82 bits per heavy atom. The summed E-state index contributed by atoms with van der Waals surface area (Å²) < 4.78 is 13.1. The van der Waals surface area contributed by atoms with Gasteiger partial charge in [-0.1, -0.05) is 0 Å². The fraction of sp³-hybridized carbons (Fsp3) is 0.400. The van der Waals surface area contributed by atoms with Crippen molar-refractivity contribution in [3.63, 3.8) is 0 Å². The van der Waals surface area contributed by atoms with Gasteiger partial charge >= 0.3 is 5.97 Å². The summed E-state index contributed by atoms with van der Waals surface area (Å²) in [6.45, 7) is 0.584. The summed E-state index contributed by atoms with van der Waals surface area (Å²) in [5.41, 5.74) is 1.98. The number of pyridine rings is 2. The van der Waals surface area contributed by atoms with Gasteiger partial charge in [-0.3, -0.25) is 19.5 Å². The Balaban J connectivity index is 1.54. The normalized spacial score (nSPS) is 23.2. The summed E-state index contributed by atoms with van der Waals surface area (Å²) in [5, 5.41) is 10.8. The number of aromatic nitrogens is 2. The molecule has 172 valence electrons. The van der Waals surface area contributed by atoms with E-state index >= 15 is 0 Å². The van der Waals surface area contributed by atoms with Crippen LogP contribution in [0.1, 0.15) is 24.8 Å². The number of fused-ring (bicyclic) bond motifs is 1. The van der Waals surface area contributed by atoms with Crippen molar-refractivity contribution in [2.75, 3.05) is 21.3 Å². The number of hydrogen-bond donors (Lipinski definition) is 1. The lowest BCUT2D eigenvalue weighted by molar-refractivity contribution is -0.229. The smallest absolute Gasteiger partial charge is 0.309 e. The van der Waals surface area contributed by atoms with Crippen LogP contribution in [-0.2, 0) is 18.4 Å². The lowest BCUT2D eigenvalue weighted by Crippen LogP contribution is -2.76. The molecule has 3 aliphatic carbocycles. The van der Waals surface area contributed by atoms with Gasteiger partial charge in [0.25, 0.3) is 5.56 Å². The minimum absolute atomic E-state index is 0.0615. The van der Waals surface area contributed by atoms with Gasteiger partial charge in [-0.15, -0.1) is 0 Å². The average molecular weight is 450 g/mol. The highest BCUT2D eigenvalue weighted by atomic mass is 16.5. The molecule has 8 heteroatoms. The Kier molecular flexibility index (Phi) is 4.75. The molecule has 8 nitrogen and oxygen atoms in total. The number of carboxylic acid groups (broad SMARTS) is 1. The molecule has 3 saturated carbocycles. The number of carbonyl (C=O) groups is 1. The molecule has 1 aromatic carbocycles. The van der Waals surface area contributed by atoms with E-state index < -0.39 is 11.4 Å². The summed E-state index contributed by atoms with van der Waals surface area (Å²) in [6, 6.07) is 5.77. The van der Waals surface area contributed by atoms with Crippen molar-refractivity contribution in [2.45, 2.75) is 31.3 Å². The number of aliphatic carboxylic acids is 1. The summed E-state index contributed by atoms with van der Waals surface area (Å²) in [5.74, 6) is 0.690. The van der Waals surface area contributed by atoms with Crippen molar-refractivity contribution < 1.29 is 19.4 Å². The second kappa shape index (κ2) is 7.31. The Bertz CT molecular complexity index is 1300. The van der Waals surface area contributed by atoms with E-state index in [0.29, 0.717) is 42.7 Å². The third-order valence-electron chi connectivity index (χ3n) is 7.56. The number of hydrogen-bond acceptors (Lipinski definition) is 6. The van der Waals surface area contributed by atoms with E-state index in [4.69, 9.17) is 9.47 Å². The standard InChI is InChI=1S/C25H27N3O5/c1-27-10-18(16-5-6-26-9-17(16)22(27)29)15-7-20(32-3)19(21(8-15)33-4)11-28(2)25-12-24(13-25,14-25)23(30)31/h5-10H,11-14H2,1-4H3,(H,30,31). The van der Waals surface area contributed by atoms with E-state index in [2.05, 4.69) is 9.88 Å². The number of ether oxygens (including phenoxy) is 2. The molecule has 0 radical (unpaired) electrons. The molecule has 3 fully saturated rings. The first-order valence-electron chi connectivity index (χ1n) is 10.9. The molecular formula is C25H27N3O5. The Labute approximate surface area is 191 Å². The largest absolute Gasteiger partial charge is 0.496 e. The number of rotatable bonds is 7. The van der Waals surface area contributed by atoms with E-state index in [9.17, 15) is 14.7 Å². The first-order valence-corrected chi connectivity index (χ1v) is 10.9. The van der Waals surface area contributed by atoms with Gasteiger partial charge in [-0.25, -0.2) is 0 Å². The number of carboxylic acids is 1. The first kappa shape index (κ1) is 21.5. The van der Waals surface area contributed by atoms with Gasteiger partial charge in [-0.2, -0.15) is 0 Å². The summed E-state index contributed by atoms with van der Waals surface area (Å²) in [4.78, 5) is 30.4. The van der Waals surface area contributed by atoms with Gasteiger partial charge in [-0.05, 0) is 55.5 Å². The zero-order chi connectivity index (χ0) is 23.5. The zero-order valence-corrected chi connectivity index (χ0v) is 19.2. The topological polar surface area (TPSA) is 93.9 Å². The molecule has 3 aliphatic rings. The lowest BCUT2D eigenvalue weighted by atomic mass is 9.39. The van der Waals surface area contributed by atoms with Crippen LogP contribution in [0.15, 0.2) is 41.6 Å². The maximum atomic E-state index is 12.6. The summed E-state index contributed by atoms with van der Waals surface area (Å²) in [6.07, 6.45) is 7.15. The molecule has 0 atom stereocenters. The molecule has 0 saturated heterocycles. The van der Waals surface area contributed by atoms with E-state index in [1.165, 1.54) is 0 Å². The fourth-order valence-electron chi connectivity index (χ4n) is 5.61. The van der Waals surface area contributed by atoms with Crippen LogP contribution in [0, 0.1) is 5.41 Å². The van der Waals surface area contributed by atoms with Crippen LogP contribution < -0.4 is 15.0 Å². The highest BCUT2D eigenvalue weighted by Gasteiger charge is 2.73. The van der Waals surface area contributed by atoms with Gasteiger partial charge in [0.05, 0.1) is 30.6 Å². The number of aryl methyl sites for hydroxylation is 1. The monoisotopic (exact) mass is 449 g/mol. The van der Waals surface area contributed by atoms with Crippen molar-refractivity contribution in [1.82, 2.24) is 14.5 Å². The molecule has 6 rings (SSSR count). The molecule has 0 amide bonds. The van der Waals surface area contributed by atoms with Gasteiger partial charge in [0.1, 0.15) is 11.5 Å². The highest BCUT2D eigenvalue weighted by Crippen LogP contribution is 2.70. The van der Waals surface area contributed by atoms with Crippen molar-refractivity contribution in [3.8, 4) is 22.6 Å². The highest BCUT2D eigenvalue weighted by molar-refractivity contribution is 5.95. The van der Waals surface area contributed by atoms with Crippen LogP contribution >= 0.6 is 0 Å². The zero-order valence-electron chi connectivity index (χ0n) is 19.2. The molecule has 33 heavy (non-hydrogen) atoms. The molecule has 0 spiro atoms. The van der Waals surface area contributed by atoms with E-state index in [-0.39, 0.29) is 11.1 Å². The van der Waals surface area contributed by atoms with E-state index in [0.717, 1.165) is 22.1 Å². The fourth-order valence-corrected chi connectivity index (χ4v) is 5.61. The molecule has 1 N–H and O–H groups in total. The molecule has 3 aromatic rings. The van der Waals surface area contributed by atoms with Gasteiger partial charge in [0.2, 0.25) is 0 Å². The van der Waals surface area contributed by atoms with Gasteiger partial charge in [0.15, 0.2) is 0 Å². The summed E-state index contributed by atoms with van der Waals surface area (Å²) in [7, 11) is 7.02. The second-order valence-electron chi connectivity index (χ2n) is 9.44. The SMILES string of the molecule is COc1cc(-c2cn(C)c(=O)c3cnccc23)cc(OC)c1CN(C)C12CC(C(=O)O)(C1)C2. The minimum Gasteiger partial charge on any atom is -0.496 e. The van der Waals surface area contributed by atoms with Crippen LogP contribution in [0.3, 0.4) is 0 Å². The lowest BCUT2D eigenvalue weighted by Gasteiger charge is -2.71. The number of benzene rings is 1. The van der Waals surface area contributed by atoms with Crippen LogP contribution in [0.2, 0.25) is 0 Å². The third kappa shape index (κ3) is 3.04. The Hall–Kier alpha value is -3.39. The van der Waals surface area contributed by atoms with Crippen LogP contribution in [-0.4, -0.2) is 52.3 Å². The summed E-state index contributed by atoms with van der Waals surface area (Å²) >= 11 is 0. The van der Waals surface area contributed by atoms with Crippen molar-refractivity contribution in [1.29, 1.82) is 0 Å². The molecular weight excluding hydrogens is 422 g/mol. The predicted octanol–water partition coefficient (Wildman–Crippen LogP) is 3.06. The minimum atomic E-state index is -0.683. The van der Waals surface area contributed by atoms with Crippen molar-refractivity contribution in [2.24, 2.45) is 12.5 Å². The van der Waals surface area contributed by atoms with Crippen molar-refractivity contribution in [3.05, 3.63) is 52.7 Å². The molecule has 2 bridgehead atoms. The second-order valence-corrected chi connectivity index (χ2v) is 9.44. The van der Waals surface area contributed by atoms with E-state index in [1.54, 1.807) is 38.2 Å². The molecule has 0 aliphatic heterocycles. The van der Waals surface area contributed by atoms with Gasteiger partial charge in [0, 0.05) is 43.3 Å². The van der Waals surface area contributed by atoms with E-state index in [1.807, 2.05) is 31.4 Å². The van der Waals surface area contributed by atoms with Gasteiger partial charge < -0.3 is 19.1 Å². The van der Waals surface area contributed by atoms with Crippen LogP contribution in [0.4, 0.5) is 0 Å². The predicted molar refractivity (Wildman–Crippen MR) is 124 cm³/mol. The first-order chi connectivity index (χ1) is 15.7. The maximum Gasteiger partial charge on any atom is 0.309 e. The van der Waals surface area contributed by atoms with Crippen LogP contribution in [0.5, 0.6) is 11.5 Å². The Morgan fingerprint density at radius 1 is 1.18 bits per heavy atom. The maximum absolute atomic E-state index is 12.6. The number of nitrogens with zero attached hydrogens (tertiary/aromatic N) is 3. The molecule has 0 unspecified atom stereocenters. The third-order valence-corrected chi connectivity index (χ3v) is 7.56. The Morgan fingerprint density at radius 3 is 2.39 bits per heavy atom. The molecule has 2 aromatic heterocycles. The average Bonchev–Trinajstić information content (AvgIpc) is 2.74.